The summed E-state index contributed by atoms with van der Waals surface area (Å²) in [5.74, 6) is 0.483. The number of rotatable bonds is 8. The molecule has 0 radical (unpaired) electrons. The Morgan fingerprint density at radius 3 is 2.81 bits per heavy atom. The molecule has 9 heteroatoms. The van der Waals surface area contributed by atoms with Gasteiger partial charge in [-0.2, -0.15) is 4.98 Å². The summed E-state index contributed by atoms with van der Waals surface area (Å²) in [7, 11) is 0. The normalized spacial score (nSPS) is 12.4. The van der Waals surface area contributed by atoms with E-state index < -0.39 is 12.0 Å². The first-order valence-electron chi connectivity index (χ1n) is 10.2. The predicted molar refractivity (Wildman–Crippen MR) is 122 cm³/mol. The fourth-order valence-electron chi connectivity index (χ4n) is 3.33. The number of hydrogen-bond acceptors (Lipinski definition) is 6. The fourth-order valence-corrected chi connectivity index (χ4v) is 3.55. The van der Waals surface area contributed by atoms with E-state index in [0.717, 1.165) is 22.0 Å². The zero-order chi connectivity index (χ0) is 22.8. The third-order valence-electron chi connectivity index (χ3n) is 4.98. The van der Waals surface area contributed by atoms with Crippen LogP contribution in [0.25, 0.3) is 33.7 Å². The van der Waals surface area contributed by atoms with Gasteiger partial charge in [-0.25, -0.2) is 0 Å². The number of nitrogens with zero attached hydrogens (tertiary/aromatic N) is 2. The minimum Gasteiger partial charge on any atom is -0.489 e. The van der Waals surface area contributed by atoms with E-state index in [-0.39, 0.29) is 6.10 Å². The molecule has 3 N–H and O–H groups in total. The molecule has 0 aliphatic carbocycles. The minimum atomic E-state index is -0.895. The van der Waals surface area contributed by atoms with Gasteiger partial charge in [-0.3, -0.25) is 4.79 Å². The van der Waals surface area contributed by atoms with Crippen LogP contribution in [0, 0.1) is 0 Å². The van der Waals surface area contributed by atoms with Crippen LogP contribution in [0.15, 0.2) is 47.1 Å². The first kappa shape index (κ1) is 21.9. The highest BCUT2D eigenvalue weighted by Crippen LogP contribution is 2.33. The SMILES string of the molecule is CC(C)Oc1ccc(-c2nc(-c3cccc4c(CN[C@H](C)C(=O)O)c[nH]c34)no2)cc1Cl. The monoisotopic (exact) mass is 454 g/mol. The lowest BCUT2D eigenvalue weighted by Gasteiger charge is -2.11. The van der Waals surface area contributed by atoms with Gasteiger partial charge in [0.15, 0.2) is 0 Å². The number of aromatic nitrogens is 3. The van der Waals surface area contributed by atoms with Crippen LogP contribution < -0.4 is 10.1 Å². The Kier molecular flexibility index (Phi) is 6.16. The van der Waals surface area contributed by atoms with Crippen molar-refractivity contribution in [3.8, 4) is 28.6 Å². The molecule has 32 heavy (non-hydrogen) atoms. The molecule has 0 amide bonds. The zero-order valence-corrected chi connectivity index (χ0v) is 18.6. The number of ether oxygens (including phenoxy) is 1. The molecule has 0 unspecified atom stereocenters. The van der Waals surface area contributed by atoms with Crippen LogP contribution in [-0.4, -0.2) is 38.3 Å². The Labute approximate surface area is 189 Å². The van der Waals surface area contributed by atoms with Gasteiger partial charge in [0.05, 0.1) is 16.6 Å². The van der Waals surface area contributed by atoms with E-state index in [1.54, 1.807) is 19.1 Å². The van der Waals surface area contributed by atoms with Crippen LogP contribution in [0.5, 0.6) is 5.75 Å². The molecule has 2 aromatic carbocycles. The number of para-hydroxylation sites is 1. The Morgan fingerprint density at radius 1 is 1.28 bits per heavy atom. The molecule has 8 nitrogen and oxygen atoms in total. The van der Waals surface area contributed by atoms with Gasteiger partial charge in [0.1, 0.15) is 11.8 Å². The Bertz CT molecular complexity index is 1260. The minimum absolute atomic E-state index is 0.0158. The van der Waals surface area contributed by atoms with E-state index in [9.17, 15) is 4.79 Å². The number of benzene rings is 2. The van der Waals surface area contributed by atoms with Crippen molar-refractivity contribution >= 4 is 28.5 Å². The van der Waals surface area contributed by atoms with Crippen molar-refractivity contribution in [1.29, 1.82) is 0 Å². The van der Waals surface area contributed by atoms with Crippen molar-refractivity contribution in [3.63, 3.8) is 0 Å². The lowest BCUT2D eigenvalue weighted by Crippen LogP contribution is -2.32. The van der Waals surface area contributed by atoms with Crippen molar-refractivity contribution < 1.29 is 19.2 Å². The third kappa shape index (κ3) is 4.46. The zero-order valence-electron chi connectivity index (χ0n) is 17.8. The summed E-state index contributed by atoms with van der Waals surface area (Å²) in [6, 6.07) is 10.5. The molecule has 0 fully saturated rings. The molecular formula is C23H23ClN4O4. The van der Waals surface area contributed by atoms with Gasteiger partial charge in [-0.1, -0.05) is 28.9 Å². The topological polar surface area (TPSA) is 113 Å². The third-order valence-corrected chi connectivity index (χ3v) is 5.27. The van der Waals surface area contributed by atoms with Crippen LogP contribution in [-0.2, 0) is 11.3 Å². The molecule has 0 aliphatic heterocycles. The Morgan fingerprint density at radius 2 is 2.09 bits per heavy atom. The Balaban J connectivity index is 1.61. The highest BCUT2D eigenvalue weighted by atomic mass is 35.5. The molecule has 0 saturated heterocycles. The maximum Gasteiger partial charge on any atom is 0.320 e. The number of carboxylic acid groups (broad SMARTS) is 1. The molecular weight excluding hydrogens is 432 g/mol. The van der Waals surface area contributed by atoms with Crippen LogP contribution in [0.2, 0.25) is 5.02 Å². The summed E-state index contributed by atoms with van der Waals surface area (Å²) in [5, 5.41) is 17.6. The molecule has 166 valence electrons. The molecule has 4 aromatic rings. The van der Waals surface area contributed by atoms with Crippen molar-refractivity contribution in [2.75, 3.05) is 0 Å². The van der Waals surface area contributed by atoms with E-state index in [2.05, 4.69) is 20.4 Å². The molecule has 1 atom stereocenters. The maximum atomic E-state index is 11.1. The highest BCUT2D eigenvalue weighted by molar-refractivity contribution is 6.32. The summed E-state index contributed by atoms with van der Waals surface area (Å²) in [6.45, 7) is 5.89. The van der Waals surface area contributed by atoms with Gasteiger partial charge in [0.25, 0.3) is 5.89 Å². The number of halogens is 1. The average Bonchev–Trinajstić information content (AvgIpc) is 3.40. The first-order chi connectivity index (χ1) is 15.3. The fraction of sp³-hybridized carbons (Fsp3) is 0.261. The molecule has 4 rings (SSSR count). The van der Waals surface area contributed by atoms with Crippen LogP contribution >= 0.6 is 11.6 Å². The molecule has 0 bridgehead atoms. The van der Waals surface area contributed by atoms with Crippen molar-refractivity contribution in [1.82, 2.24) is 20.4 Å². The number of fused-ring (bicyclic) bond motifs is 1. The Hall–Kier alpha value is -3.36. The van der Waals surface area contributed by atoms with Gasteiger partial charge in [0, 0.05) is 29.3 Å². The maximum absolute atomic E-state index is 11.1. The number of H-pyrrole nitrogens is 1. The van der Waals surface area contributed by atoms with Gasteiger partial charge in [-0.05, 0) is 50.6 Å². The summed E-state index contributed by atoms with van der Waals surface area (Å²) >= 11 is 6.34. The first-order valence-corrected chi connectivity index (χ1v) is 10.6. The van der Waals surface area contributed by atoms with Gasteiger partial charge in [0.2, 0.25) is 5.82 Å². The quantitative estimate of drug-likeness (QED) is 0.347. The van der Waals surface area contributed by atoms with Crippen LogP contribution in [0.4, 0.5) is 0 Å². The number of aliphatic carboxylic acids is 1. The highest BCUT2D eigenvalue weighted by Gasteiger charge is 2.17. The molecule has 0 spiro atoms. The predicted octanol–water partition coefficient (Wildman–Crippen LogP) is 4.89. The van der Waals surface area contributed by atoms with Crippen molar-refractivity contribution in [2.45, 2.75) is 39.5 Å². The molecule has 2 heterocycles. The van der Waals surface area contributed by atoms with Crippen molar-refractivity contribution in [3.05, 3.63) is 53.2 Å². The van der Waals surface area contributed by atoms with Gasteiger partial charge < -0.3 is 24.7 Å². The standard InChI is InChI=1S/C23H23ClN4O4/c1-12(2)31-19-8-7-14(9-18(19)24)22-27-21(28-32-22)17-6-4-5-16-15(11-26-20(16)17)10-25-13(3)23(29)30/h4-9,11-13,25-26H,10H2,1-3H3,(H,29,30)/t13-/m1/s1. The second-order valence-corrected chi connectivity index (χ2v) is 8.13. The van der Waals surface area contributed by atoms with E-state index in [0.29, 0.717) is 34.6 Å². The van der Waals surface area contributed by atoms with Crippen LogP contribution in [0.1, 0.15) is 26.3 Å². The second kappa shape index (κ2) is 9.02. The number of nitrogens with one attached hydrogen (secondary N) is 2. The summed E-state index contributed by atoms with van der Waals surface area (Å²) < 4.78 is 11.2. The average molecular weight is 455 g/mol. The van der Waals surface area contributed by atoms with Crippen molar-refractivity contribution in [2.24, 2.45) is 0 Å². The summed E-state index contributed by atoms with van der Waals surface area (Å²) in [5.41, 5.74) is 3.27. The molecule has 0 saturated carbocycles. The lowest BCUT2D eigenvalue weighted by molar-refractivity contribution is -0.139. The van der Waals surface area contributed by atoms with Gasteiger partial charge >= 0.3 is 5.97 Å². The molecule has 2 aromatic heterocycles. The van der Waals surface area contributed by atoms with Gasteiger partial charge in [-0.15, -0.1) is 0 Å². The largest absolute Gasteiger partial charge is 0.489 e. The number of hydrogen-bond donors (Lipinski definition) is 3. The second-order valence-electron chi connectivity index (χ2n) is 7.72. The smallest absolute Gasteiger partial charge is 0.320 e. The molecule has 0 aliphatic rings. The van der Waals surface area contributed by atoms with E-state index in [4.69, 9.17) is 26.0 Å². The summed E-state index contributed by atoms with van der Waals surface area (Å²) in [4.78, 5) is 18.8. The number of carbonyl (C=O) groups is 1. The number of carboxylic acids is 1. The van der Waals surface area contributed by atoms with E-state index in [1.165, 1.54) is 0 Å². The van der Waals surface area contributed by atoms with E-state index in [1.807, 2.05) is 44.3 Å². The number of aromatic amines is 1. The van der Waals surface area contributed by atoms with E-state index >= 15 is 0 Å². The van der Waals surface area contributed by atoms with Crippen LogP contribution in [0.3, 0.4) is 0 Å². The summed E-state index contributed by atoms with van der Waals surface area (Å²) in [6.07, 6.45) is 1.87. The lowest BCUT2D eigenvalue weighted by atomic mass is 10.1.